The third kappa shape index (κ3) is 6.94. The number of carbonyl (C=O) groups is 3. The van der Waals surface area contributed by atoms with Crippen molar-refractivity contribution < 1.29 is 24.6 Å². The Morgan fingerprint density at radius 1 is 1.00 bits per heavy atom. The Morgan fingerprint density at radius 3 is 2.14 bits per heavy atom. The minimum atomic E-state index is -1.29. The van der Waals surface area contributed by atoms with Crippen molar-refractivity contribution in [1.29, 1.82) is 0 Å². The molecule has 0 radical (unpaired) electrons. The van der Waals surface area contributed by atoms with Gasteiger partial charge in [0, 0.05) is 30.3 Å². The predicted octanol–water partition coefficient (Wildman–Crippen LogP) is 2.19. The minimum absolute atomic E-state index is 0.121. The maximum absolute atomic E-state index is 13.0. The highest BCUT2D eigenvalue weighted by Crippen LogP contribution is 2.21. The average Bonchev–Trinajstić information content (AvgIpc) is 3.39. The topological polar surface area (TPSA) is 128 Å². The molecule has 3 rings (SSSR count). The fourth-order valence-corrected chi connectivity index (χ4v) is 3.78. The number of carbonyl (C=O) groups excluding carboxylic acids is 3. The van der Waals surface area contributed by atoms with Gasteiger partial charge in [-0.3, -0.25) is 19.4 Å². The number of ketones is 1. The summed E-state index contributed by atoms with van der Waals surface area (Å²) in [6.45, 7) is 2.61. The number of hydrogen-bond acceptors (Lipinski definition) is 6. The van der Waals surface area contributed by atoms with E-state index < -0.39 is 42.4 Å². The largest absolute Gasteiger partial charge is 0.391 e. The van der Waals surface area contributed by atoms with Crippen LogP contribution in [0.4, 0.5) is 0 Å². The Morgan fingerprint density at radius 2 is 1.63 bits per heavy atom. The lowest BCUT2D eigenvalue weighted by Gasteiger charge is -2.24. The van der Waals surface area contributed by atoms with Gasteiger partial charge < -0.3 is 20.8 Å². The van der Waals surface area contributed by atoms with Crippen LogP contribution in [-0.4, -0.2) is 58.8 Å². The van der Waals surface area contributed by atoms with Gasteiger partial charge in [-0.25, -0.2) is 0 Å². The van der Waals surface area contributed by atoms with Crippen LogP contribution in [0.5, 0.6) is 0 Å². The lowest BCUT2D eigenvalue weighted by molar-refractivity contribution is -0.132. The maximum Gasteiger partial charge on any atom is 0.251 e. The molecule has 0 unspecified atom stereocenters. The van der Waals surface area contributed by atoms with E-state index in [0.717, 1.165) is 17.5 Å². The zero-order chi connectivity index (χ0) is 25.4. The van der Waals surface area contributed by atoms with Gasteiger partial charge in [0.05, 0.1) is 6.10 Å². The number of aliphatic imine (C=N–C) groups is 1. The highest BCUT2D eigenvalue weighted by Gasteiger charge is 2.30. The summed E-state index contributed by atoms with van der Waals surface area (Å²) in [6, 6.07) is 13.0. The van der Waals surface area contributed by atoms with Crippen LogP contribution in [0.25, 0.3) is 11.1 Å². The number of aryl methyl sites for hydroxylation is 1. The zero-order valence-corrected chi connectivity index (χ0v) is 19.9. The third-order valence-corrected chi connectivity index (χ3v) is 5.88. The van der Waals surface area contributed by atoms with E-state index in [-0.39, 0.29) is 6.42 Å². The minimum Gasteiger partial charge on any atom is -0.391 e. The van der Waals surface area contributed by atoms with Gasteiger partial charge in [0.25, 0.3) is 5.91 Å². The maximum atomic E-state index is 13.0. The van der Waals surface area contributed by atoms with Crippen molar-refractivity contribution in [2.75, 3.05) is 6.61 Å². The summed E-state index contributed by atoms with van der Waals surface area (Å²) >= 11 is 0. The molecule has 2 aromatic rings. The fraction of sp³-hybridized carbons (Fsp3) is 0.333. The molecule has 184 valence electrons. The van der Waals surface area contributed by atoms with Crippen LogP contribution in [0.2, 0.25) is 0 Å². The summed E-state index contributed by atoms with van der Waals surface area (Å²) in [5, 5.41) is 24.2. The van der Waals surface area contributed by atoms with Gasteiger partial charge in [-0.15, -0.1) is 0 Å². The predicted molar refractivity (Wildman–Crippen MR) is 134 cm³/mol. The highest BCUT2D eigenvalue weighted by atomic mass is 16.3. The molecule has 3 atom stereocenters. The lowest BCUT2D eigenvalue weighted by Crippen LogP contribution is -2.55. The molecule has 0 saturated carbocycles. The molecule has 0 aliphatic carbocycles. The molecule has 4 N–H and O–H groups in total. The molecule has 0 fully saturated rings. The standard InChI is InChI=1S/C27H31N3O5/c1-3-18-6-8-19(9-7-18)20-10-12-21(13-11-20)26(34)29-23(15-22-5-4-14-28-22)27(35)30-25(17(2)32)24(33)16-31/h5-14,17,23,25,31-32H,3-4,15-16H2,1-2H3,(H,29,34)(H,30,35)/t17-,23+,25+/m1/s1. The summed E-state index contributed by atoms with van der Waals surface area (Å²) < 4.78 is 0. The first kappa shape index (κ1) is 26.0. The van der Waals surface area contributed by atoms with Crippen molar-refractivity contribution in [1.82, 2.24) is 10.6 Å². The van der Waals surface area contributed by atoms with Gasteiger partial charge >= 0.3 is 0 Å². The first-order valence-electron chi connectivity index (χ1n) is 11.7. The number of aliphatic hydroxyl groups is 2. The molecule has 35 heavy (non-hydrogen) atoms. The Labute approximate surface area is 204 Å². The Kier molecular flexibility index (Phi) is 9.05. The van der Waals surface area contributed by atoms with Gasteiger partial charge in [0.1, 0.15) is 18.7 Å². The van der Waals surface area contributed by atoms with Crippen LogP contribution in [0.15, 0.2) is 65.3 Å². The summed E-state index contributed by atoms with van der Waals surface area (Å²) in [4.78, 5) is 42.1. The monoisotopic (exact) mass is 477 g/mol. The summed E-state index contributed by atoms with van der Waals surface area (Å²) in [7, 11) is 0. The molecular weight excluding hydrogens is 446 g/mol. The molecule has 2 aromatic carbocycles. The molecule has 0 spiro atoms. The molecule has 8 heteroatoms. The summed E-state index contributed by atoms with van der Waals surface area (Å²) in [5.74, 6) is -1.83. The Hall–Kier alpha value is -3.62. The molecule has 1 heterocycles. The smallest absolute Gasteiger partial charge is 0.251 e. The molecule has 1 aliphatic heterocycles. The highest BCUT2D eigenvalue weighted by molar-refractivity contribution is 5.99. The number of nitrogens with zero attached hydrogens (tertiary/aromatic N) is 1. The first-order valence-corrected chi connectivity index (χ1v) is 11.7. The van der Waals surface area contributed by atoms with Crippen LogP contribution < -0.4 is 10.6 Å². The number of benzene rings is 2. The molecule has 1 aliphatic rings. The van der Waals surface area contributed by atoms with Gasteiger partial charge in [0.2, 0.25) is 5.91 Å². The number of amides is 2. The van der Waals surface area contributed by atoms with Gasteiger partial charge in [-0.2, -0.15) is 0 Å². The van der Waals surface area contributed by atoms with Crippen LogP contribution in [0.3, 0.4) is 0 Å². The molecule has 0 saturated heterocycles. The molecule has 0 bridgehead atoms. The van der Waals surface area contributed by atoms with E-state index in [1.165, 1.54) is 12.5 Å². The second-order valence-electron chi connectivity index (χ2n) is 8.45. The van der Waals surface area contributed by atoms with Crippen LogP contribution in [0.1, 0.15) is 42.6 Å². The van der Waals surface area contributed by atoms with Gasteiger partial charge in [-0.05, 0) is 42.2 Å². The van der Waals surface area contributed by atoms with E-state index in [1.54, 1.807) is 18.3 Å². The van der Waals surface area contributed by atoms with Crippen molar-refractivity contribution in [2.24, 2.45) is 4.99 Å². The number of aliphatic hydroxyl groups excluding tert-OH is 2. The van der Waals surface area contributed by atoms with Gasteiger partial charge in [-0.1, -0.05) is 49.4 Å². The van der Waals surface area contributed by atoms with Crippen molar-refractivity contribution in [2.45, 2.75) is 51.3 Å². The quantitative estimate of drug-likeness (QED) is 0.394. The van der Waals surface area contributed by atoms with E-state index in [2.05, 4.69) is 34.7 Å². The number of nitrogens with one attached hydrogen (secondary N) is 2. The summed E-state index contributed by atoms with van der Waals surface area (Å²) in [5.41, 5.74) is 4.26. The first-order chi connectivity index (χ1) is 16.8. The second-order valence-corrected chi connectivity index (χ2v) is 8.45. The normalized spacial score (nSPS) is 15.1. The molecule has 2 amide bonds. The lowest BCUT2D eigenvalue weighted by atomic mass is 10.0. The van der Waals surface area contributed by atoms with E-state index in [0.29, 0.717) is 17.7 Å². The number of hydrogen-bond donors (Lipinski definition) is 4. The molecular formula is C27H31N3O5. The van der Waals surface area contributed by atoms with Crippen LogP contribution >= 0.6 is 0 Å². The van der Waals surface area contributed by atoms with E-state index >= 15 is 0 Å². The van der Waals surface area contributed by atoms with Crippen molar-refractivity contribution in [3.05, 3.63) is 71.4 Å². The number of Topliss-reactive ketones (excluding diaryl/α,β-unsaturated/α-hetero) is 1. The van der Waals surface area contributed by atoms with E-state index in [9.17, 15) is 19.5 Å². The number of allylic oxidation sites excluding steroid dienone is 1. The van der Waals surface area contributed by atoms with E-state index in [1.807, 2.05) is 30.3 Å². The second kappa shape index (κ2) is 12.2. The van der Waals surface area contributed by atoms with Crippen molar-refractivity contribution in [3.63, 3.8) is 0 Å². The van der Waals surface area contributed by atoms with Crippen molar-refractivity contribution in [3.8, 4) is 11.1 Å². The molecule has 8 nitrogen and oxygen atoms in total. The van der Waals surface area contributed by atoms with Gasteiger partial charge in [0.15, 0.2) is 5.78 Å². The third-order valence-electron chi connectivity index (χ3n) is 5.88. The van der Waals surface area contributed by atoms with E-state index in [4.69, 9.17) is 5.11 Å². The summed E-state index contributed by atoms with van der Waals surface area (Å²) in [6.07, 6.45) is 4.05. The SMILES string of the molecule is CCc1ccc(-c2ccc(C(=O)N[C@@H](CC3=CCC=N3)C(=O)N[C@H](C(=O)CO)[C@@H](C)O)cc2)cc1. The van der Waals surface area contributed by atoms with Crippen LogP contribution in [0, 0.1) is 0 Å². The Bertz CT molecular complexity index is 1100. The Balaban J connectivity index is 1.74. The zero-order valence-electron chi connectivity index (χ0n) is 19.9. The fourth-order valence-electron chi connectivity index (χ4n) is 3.78. The van der Waals surface area contributed by atoms with Crippen LogP contribution in [-0.2, 0) is 16.0 Å². The average molecular weight is 478 g/mol. The van der Waals surface area contributed by atoms with Crippen molar-refractivity contribution >= 4 is 23.8 Å². The number of rotatable bonds is 11. The molecule has 0 aromatic heterocycles.